The van der Waals surface area contributed by atoms with Gasteiger partial charge in [0, 0.05) is 6.42 Å². The molecule has 0 aromatic heterocycles. The van der Waals surface area contributed by atoms with Crippen LogP contribution in [0.4, 0.5) is 0 Å². The number of carboxylic acid groups (broad SMARTS) is 1. The summed E-state index contributed by atoms with van der Waals surface area (Å²) >= 11 is 0. The van der Waals surface area contributed by atoms with E-state index in [-0.39, 0.29) is 0 Å². The van der Waals surface area contributed by atoms with Crippen LogP contribution in [0.2, 0.25) is 0 Å². The number of carboxylic acids is 1. The van der Waals surface area contributed by atoms with Crippen LogP contribution in [0.1, 0.15) is 32.1 Å². The van der Waals surface area contributed by atoms with E-state index in [9.17, 15) is 4.79 Å². The molecule has 0 bridgehead atoms. The van der Waals surface area contributed by atoms with Crippen molar-refractivity contribution in [3.8, 4) is 0 Å². The van der Waals surface area contributed by atoms with Gasteiger partial charge in [0.1, 0.15) is 0 Å². The second-order valence-corrected chi connectivity index (χ2v) is 4.03. The topological polar surface area (TPSA) is 37.3 Å². The molecule has 62 valence electrons. The molecule has 2 fully saturated rings. The Balaban J connectivity index is 1.84. The molecule has 2 aliphatic rings. The fourth-order valence-electron chi connectivity index (χ4n) is 2.62. The van der Waals surface area contributed by atoms with Crippen molar-refractivity contribution in [3.05, 3.63) is 0 Å². The molecule has 0 aliphatic heterocycles. The number of hydrogen-bond donors (Lipinski definition) is 1. The van der Waals surface area contributed by atoms with E-state index in [1.54, 1.807) is 0 Å². The first kappa shape index (κ1) is 7.14. The molecule has 0 aromatic rings. The van der Waals surface area contributed by atoms with Crippen molar-refractivity contribution in [3.63, 3.8) is 0 Å². The summed E-state index contributed by atoms with van der Waals surface area (Å²) in [7, 11) is 0. The van der Waals surface area contributed by atoms with Crippen LogP contribution in [0, 0.1) is 17.8 Å². The largest absolute Gasteiger partial charge is 0.481 e. The molecule has 0 aromatic carbocycles. The predicted octanol–water partition coefficient (Wildman–Crippen LogP) is 1.90. The van der Waals surface area contributed by atoms with Gasteiger partial charge in [-0.05, 0) is 43.4 Å². The zero-order chi connectivity index (χ0) is 7.84. The Bertz CT molecular complexity index is 164. The van der Waals surface area contributed by atoms with Gasteiger partial charge < -0.3 is 5.11 Å². The predicted molar refractivity (Wildman–Crippen MR) is 41.2 cm³/mol. The van der Waals surface area contributed by atoms with Gasteiger partial charge in [-0.15, -0.1) is 0 Å². The SMILES string of the molecule is O=C(O)CC1C[C@H]2CC[C@H]2C1. The van der Waals surface area contributed by atoms with E-state index < -0.39 is 5.97 Å². The molecule has 0 amide bonds. The lowest BCUT2D eigenvalue weighted by molar-refractivity contribution is -0.138. The lowest BCUT2D eigenvalue weighted by Gasteiger charge is -2.29. The van der Waals surface area contributed by atoms with Gasteiger partial charge in [0.25, 0.3) is 0 Å². The molecule has 2 heteroatoms. The van der Waals surface area contributed by atoms with E-state index in [0.29, 0.717) is 12.3 Å². The van der Waals surface area contributed by atoms with Crippen molar-refractivity contribution in [2.75, 3.05) is 0 Å². The molecule has 2 rings (SSSR count). The molecule has 0 spiro atoms. The zero-order valence-electron chi connectivity index (χ0n) is 6.62. The quantitative estimate of drug-likeness (QED) is 0.659. The van der Waals surface area contributed by atoms with E-state index in [1.807, 2.05) is 0 Å². The van der Waals surface area contributed by atoms with Gasteiger partial charge in [-0.25, -0.2) is 0 Å². The number of rotatable bonds is 2. The first-order valence-electron chi connectivity index (χ1n) is 4.47. The summed E-state index contributed by atoms with van der Waals surface area (Å²) in [5, 5.41) is 8.57. The van der Waals surface area contributed by atoms with Gasteiger partial charge >= 0.3 is 5.97 Å². The second-order valence-electron chi connectivity index (χ2n) is 4.03. The Morgan fingerprint density at radius 1 is 1.27 bits per heavy atom. The van der Waals surface area contributed by atoms with Crippen LogP contribution in [-0.2, 0) is 4.79 Å². The molecule has 2 nitrogen and oxygen atoms in total. The van der Waals surface area contributed by atoms with Crippen LogP contribution >= 0.6 is 0 Å². The number of fused-ring (bicyclic) bond motifs is 1. The van der Waals surface area contributed by atoms with E-state index in [1.165, 1.54) is 25.7 Å². The average Bonchev–Trinajstić information content (AvgIpc) is 2.12. The summed E-state index contributed by atoms with van der Waals surface area (Å²) in [5.74, 6) is 1.69. The van der Waals surface area contributed by atoms with E-state index in [0.717, 1.165) is 11.8 Å². The number of carbonyl (C=O) groups is 1. The second kappa shape index (κ2) is 2.50. The van der Waals surface area contributed by atoms with Crippen LogP contribution in [0.3, 0.4) is 0 Å². The Kier molecular flexibility index (Phi) is 1.63. The Hall–Kier alpha value is -0.530. The van der Waals surface area contributed by atoms with Crippen LogP contribution in [-0.4, -0.2) is 11.1 Å². The molecular formula is C9H14O2. The summed E-state index contributed by atoms with van der Waals surface area (Å²) in [6, 6.07) is 0. The van der Waals surface area contributed by atoms with Crippen molar-refractivity contribution in [2.45, 2.75) is 32.1 Å². The minimum atomic E-state index is -0.615. The Morgan fingerprint density at radius 3 is 2.18 bits per heavy atom. The van der Waals surface area contributed by atoms with Crippen LogP contribution < -0.4 is 0 Å². The van der Waals surface area contributed by atoms with Crippen LogP contribution in [0.25, 0.3) is 0 Å². The van der Waals surface area contributed by atoms with Crippen molar-refractivity contribution < 1.29 is 9.90 Å². The molecule has 11 heavy (non-hydrogen) atoms. The van der Waals surface area contributed by atoms with Crippen LogP contribution in [0.15, 0.2) is 0 Å². The maximum absolute atomic E-state index is 10.4. The third kappa shape index (κ3) is 1.26. The zero-order valence-corrected chi connectivity index (χ0v) is 6.62. The highest BCUT2D eigenvalue weighted by Crippen LogP contribution is 2.50. The molecule has 0 radical (unpaired) electrons. The van der Waals surface area contributed by atoms with Crippen molar-refractivity contribution in [2.24, 2.45) is 17.8 Å². The summed E-state index contributed by atoms with van der Waals surface area (Å²) in [4.78, 5) is 10.4. The van der Waals surface area contributed by atoms with E-state index in [2.05, 4.69) is 0 Å². The molecule has 0 saturated heterocycles. The molecule has 1 unspecified atom stereocenters. The number of aliphatic carboxylic acids is 1. The van der Waals surface area contributed by atoms with Gasteiger partial charge in [0.05, 0.1) is 0 Å². The first-order chi connectivity index (χ1) is 5.25. The van der Waals surface area contributed by atoms with E-state index >= 15 is 0 Å². The fourth-order valence-corrected chi connectivity index (χ4v) is 2.62. The first-order valence-corrected chi connectivity index (χ1v) is 4.47. The van der Waals surface area contributed by atoms with Gasteiger partial charge in [0.2, 0.25) is 0 Å². The lowest BCUT2D eigenvalue weighted by atomic mass is 9.77. The van der Waals surface area contributed by atoms with Gasteiger partial charge in [0.15, 0.2) is 0 Å². The minimum Gasteiger partial charge on any atom is -0.481 e. The van der Waals surface area contributed by atoms with Gasteiger partial charge in [-0.1, -0.05) is 0 Å². The standard InChI is InChI=1S/C9H14O2/c10-9(11)5-6-3-7-1-2-8(7)4-6/h6-8H,1-5H2,(H,10,11)/t6?,7-,8+. The molecule has 0 heterocycles. The Morgan fingerprint density at radius 2 is 1.82 bits per heavy atom. The Labute approximate surface area is 66.6 Å². The smallest absolute Gasteiger partial charge is 0.303 e. The summed E-state index contributed by atoms with van der Waals surface area (Å²) < 4.78 is 0. The lowest BCUT2D eigenvalue weighted by Crippen LogP contribution is -2.18. The molecule has 3 atom stereocenters. The van der Waals surface area contributed by atoms with Crippen LogP contribution in [0.5, 0.6) is 0 Å². The summed E-state index contributed by atoms with van der Waals surface area (Å²) in [6.45, 7) is 0. The maximum Gasteiger partial charge on any atom is 0.303 e. The van der Waals surface area contributed by atoms with E-state index in [4.69, 9.17) is 5.11 Å². The summed E-state index contributed by atoms with van der Waals surface area (Å²) in [5.41, 5.74) is 0. The normalized spacial score (nSPS) is 41.3. The highest BCUT2D eigenvalue weighted by atomic mass is 16.4. The monoisotopic (exact) mass is 154 g/mol. The molecule has 2 aliphatic carbocycles. The highest BCUT2D eigenvalue weighted by molar-refractivity contribution is 5.67. The average molecular weight is 154 g/mol. The van der Waals surface area contributed by atoms with Crippen molar-refractivity contribution in [1.82, 2.24) is 0 Å². The third-order valence-electron chi connectivity index (χ3n) is 3.31. The summed E-state index contributed by atoms with van der Waals surface area (Å²) in [6.07, 6.45) is 5.52. The van der Waals surface area contributed by atoms with Crippen molar-refractivity contribution in [1.29, 1.82) is 0 Å². The van der Waals surface area contributed by atoms with Gasteiger partial charge in [-0.2, -0.15) is 0 Å². The highest BCUT2D eigenvalue weighted by Gasteiger charge is 2.40. The number of hydrogen-bond acceptors (Lipinski definition) is 1. The maximum atomic E-state index is 10.4. The minimum absolute atomic E-state index is 0.410. The fraction of sp³-hybridized carbons (Fsp3) is 0.889. The molecular weight excluding hydrogens is 140 g/mol. The third-order valence-corrected chi connectivity index (χ3v) is 3.31. The molecule has 1 N–H and O–H groups in total. The molecule has 2 saturated carbocycles. The van der Waals surface area contributed by atoms with Gasteiger partial charge in [-0.3, -0.25) is 4.79 Å². The van der Waals surface area contributed by atoms with Crippen molar-refractivity contribution >= 4 is 5.97 Å².